The summed E-state index contributed by atoms with van der Waals surface area (Å²) in [6.07, 6.45) is 6.44. The minimum atomic E-state index is -0.359. The number of carbonyl (C=O) groups excluding carboxylic acids is 1. The lowest BCUT2D eigenvalue weighted by Gasteiger charge is -2.29. The van der Waals surface area contributed by atoms with Crippen LogP contribution in [-0.4, -0.2) is 32.7 Å². The van der Waals surface area contributed by atoms with Crippen molar-refractivity contribution in [2.45, 2.75) is 43.9 Å². The van der Waals surface area contributed by atoms with Gasteiger partial charge in [0.1, 0.15) is 5.75 Å². The lowest BCUT2D eigenvalue weighted by Crippen LogP contribution is -2.43. The maximum Gasteiger partial charge on any atom is 0.230 e. The van der Waals surface area contributed by atoms with Gasteiger partial charge in [-0.2, -0.15) is 0 Å². The number of rotatable bonds is 6. The molecule has 1 heterocycles. The zero-order valence-electron chi connectivity index (χ0n) is 14.5. The van der Waals surface area contributed by atoms with Crippen LogP contribution in [0.1, 0.15) is 44.1 Å². The zero-order chi connectivity index (χ0) is 16.1. The third-order valence-electron chi connectivity index (χ3n) is 5.51. The lowest BCUT2D eigenvalue weighted by molar-refractivity contribution is -0.126. The highest BCUT2D eigenvalue weighted by Crippen LogP contribution is 2.42. The van der Waals surface area contributed by atoms with Crippen molar-refractivity contribution in [1.29, 1.82) is 0 Å². The number of hydrogen-bond donors (Lipinski definition) is 2. The molecule has 0 spiro atoms. The SMILES string of the molecule is COc1cccc(C2(C(=O)NCCC3CCNC3)CCCC2)c1.Cl. The van der Waals surface area contributed by atoms with E-state index in [4.69, 9.17) is 4.74 Å². The fraction of sp³-hybridized carbons (Fsp3) is 0.632. The summed E-state index contributed by atoms with van der Waals surface area (Å²) in [5.41, 5.74) is 0.747. The van der Waals surface area contributed by atoms with E-state index in [1.165, 1.54) is 6.42 Å². The molecule has 2 aliphatic rings. The lowest BCUT2D eigenvalue weighted by atomic mass is 9.78. The van der Waals surface area contributed by atoms with E-state index in [1.54, 1.807) is 7.11 Å². The first-order chi connectivity index (χ1) is 11.2. The molecule has 1 aromatic rings. The Kier molecular flexibility index (Phi) is 6.93. The molecule has 1 unspecified atom stereocenters. The van der Waals surface area contributed by atoms with Crippen LogP contribution in [0, 0.1) is 5.92 Å². The molecule has 0 radical (unpaired) electrons. The third-order valence-corrected chi connectivity index (χ3v) is 5.51. The Morgan fingerprint density at radius 1 is 1.38 bits per heavy atom. The van der Waals surface area contributed by atoms with Crippen LogP contribution >= 0.6 is 12.4 Å². The Morgan fingerprint density at radius 2 is 2.17 bits per heavy atom. The van der Waals surface area contributed by atoms with Gasteiger partial charge in [-0.05, 0) is 62.4 Å². The molecule has 1 aliphatic carbocycles. The highest BCUT2D eigenvalue weighted by molar-refractivity contribution is 5.88. The summed E-state index contributed by atoms with van der Waals surface area (Å²) in [6.45, 7) is 3.00. The van der Waals surface area contributed by atoms with Crippen LogP contribution in [0.25, 0.3) is 0 Å². The number of benzene rings is 1. The van der Waals surface area contributed by atoms with Crippen molar-refractivity contribution in [3.05, 3.63) is 29.8 Å². The van der Waals surface area contributed by atoms with Gasteiger partial charge in [-0.15, -0.1) is 12.4 Å². The minimum Gasteiger partial charge on any atom is -0.497 e. The summed E-state index contributed by atoms with van der Waals surface area (Å²) in [6, 6.07) is 8.04. The number of nitrogens with one attached hydrogen (secondary N) is 2. The van der Waals surface area contributed by atoms with E-state index in [9.17, 15) is 4.79 Å². The molecule has 1 saturated carbocycles. The highest BCUT2D eigenvalue weighted by Gasteiger charge is 2.42. The Balaban J connectivity index is 0.00000208. The van der Waals surface area contributed by atoms with E-state index in [0.717, 1.165) is 63.1 Å². The largest absolute Gasteiger partial charge is 0.497 e. The third kappa shape index (κ3) is 4.04. The molecule has 134 valence electrons. The second kappa shape index (κ2) is 8.72. The van der Waals surface area contributed by atoms with Crippen LogP contribution in [0.15, 0.2) is 24.3 Å². The molecule has 1 atom stereocenters. The summed E-state index contributed by atoms with van der Waals surface area (Å²) in [4.78, 5) is 13.0. The predicted molar refractivity (Wildman–Crippen MR) is 99.0 cm³/mol. The van der Waals surface area contributed by atoms with Gasteiger partial charge in [0.15, 0.2) is 0 Å². The number of carbonyl (C=O) groups is 1. The first-order valence-corrected chi connectivity index (χ1v) is 8.88. The molecular weight excluding hydrogens is 324 g/mol. The number of ether oxygens (including phenoxy) is 1. The molecule has 4 nitrogen and oxygen atoms in total. The van der Waals surface area contributed by atoms with Crippen molar-refractivity contribution in [1.82, 2.24) is 10.6 Å². The normalized spacial score (nSPS) is 22.0. The van der Waals surface area contributed by atoms with Crippen LogP contribution in [0.4, 0.5) is 0 Å². The second-order valence-corrected chi connectivity index (χ2v) is 6.92. The van der Waals surface area contributed by atoms with Gasteiger partial charge in [0, 0.05) is 6.54 Å². The van der Waals surface area contributed by atoms with Gasteiger partial charge in [0.05, 0.1) is 12.5 Å². The van der Waals surface area contributed by atoms with Gasteiger partial charge < -0.3 is 15.4 Å². The predicted octanol–water partition coefficient (Wildman–Crippen LogP) is 3.04. The first kappa shape index (κ1) is 19.1. The fourth-order valence-corrected chi connectivity index (χ4v) is 4.07. The van der Waals surface area contributed by atoms with Crippen LogP contribution in [-0.2, 0) is 10.2 Å². The summed E-state index contributed by atoms with van der Waals surface area (Å²) in [5, 5.41) is 6.61. The van der Waals surface area contributed by atoms with Crippen molar-refractivity contribution in [3.63, 3.8) is 0 Å². The van der Waals surface area contributed by atoms with Gasteiger partial charge in [0.25, 0.3) is 0 Å². The molecule has 24 heavy (non-hydrogen) atoms. The van der Waals surface area contributed by atoms with Gasteiger partial charge >= 0.3 is 0 Å². The Hall–Kier alpha value is -1.26. The molecule has 1 aromatic carbocycles. The topological polar surface area (TPSA) is 50.4 Å². The molecule has 1 aliphatic heterocycles. The zero-order valence-corrected chi connectivity index (χ0v) is 15.3. The van der Waals surface area contributed by atoms with E-state index in [-0.39, 0.29) is 23.7 Å². The standard InChI is InChI=1S/C19H28N2O2.ClH/c1-23-17-6-4-5-16(13-17)19(9-2-3-10-19)18(22)21-12-8-15-7-11-20-14-15;/h4-6,13,15,20H,2-3,7-12,14H2,1H3,(H,21,22);1H. The van der Waals surface area contributed by atoms with Gasteiger partial charge in [-0.1, -0.05) is 25.0 Å². The summed E-state index contributed by atoms with van der Waals surface area (Å²) in [5.74, 6) is 1.75. The number of methoxy groups -OCH3 is 1. The Labute approximate surface area is 151 Å². The fourth-order valence-electron chi connectivity index (χ4n) is 4.07. The van der Waals surface area contributed by atoms with E-state index in [2.05, 4.69) is 16.7 Å². The van der Waals surface area contributed by atoms with Crippen molar-refractivity contribution < 1.29 is 9.53 Å². The molecule has 5 heteroatoms. The summed E-state index contributed by atoms with van der Waals surface area (Å²) < 4.78 is 5.35. The van der Waals surface area contributed by atoms with Crippen LogP contribution in [0.3, 0.4) is 0 Å². The molecule has 1 amide bonds. The molecule has 0 bridgehead atoms. The van der Waals surface area contributed by atoms with E-state index < -0.39 is 0 Å². The molecular formula is C19H29ClN2O2. The Bertz CT molecular complexity index is 538. The highest BCUT2D eigenvalue weighted by atomic mass is 35.5. The average molecular weight is 353 g/mol. The summed E-state index contributed by atoms with van der Waals surface area (Å²) in [7, 11) is 1.68. The van der Waals surface area contributed by atoms with Gasteiger partial charge in [-0.25, -0.2) is 0 Å². The molecule has 1 saturated heterocycles. The molecule has 2 fully saturated rings. The van der Waals surface area contributed by atoms with Crippen LogP contribution in [0.5, 0.6) is 5.75 Å². The first-order valence-electron chi connectivity index (χ1n) is 8.88. The molecule has 2 N–H and O–H groups in total. The van der Waals surface area contributed by atoms with Crippen molar-refractivity contribution in [2.75, 3.05) is 26.7 Å². The van der Waals surface area contributed by atoms with Crippen molar-refractivity contribution >= 4 is 18.3 Å². The number of hydrogen-bond acceptors (Lipinski definition) is 3. The molecule has 0 aromatic heterocycles. The maximum absolute atomic E-state index is 13.0. The van der Waals surface area contributed by atoms with E-state index >= 15 is 0 Å². The van der Waals surface area contributed by atoms with Crippen molar-refractivity contribution in [2.24, 2.45) is 5.92 Å². The van der Waals surface area contributed by atoms with E-state index in [1.807, 2.05) is 18.2 Å². The maximum atomic E-state index is 13.0. The second-order valence-electron chi connectivity index (χ2n) is 6.92. The quantitative estimate of drug-likeness (QED) is 0.827. The van der Waals surface area contributed by atoms with Gasteiger partial charge in [-0.3, -0.25) is 4.79 Å². The van der Waals surface area contributed by atoms with Gasteiger partial charge in [0.2, 0.25) is 5.91 Å². The monoisotopic (exact) mass is 352 g/mol. The number of amides is 1. The number of halogens is 1. The van der Waals surface area contributed by atoms with E-state index in [0.29, 0.717) is 5.92 Å². The Morgan fingerprint density at radius 3 is 2.83 bits per heavy atom. The van der Waals surface area contributed by atoms with Crippen LogP contribution in [0.2, 0.25) is 0 Å². The smallest absolute Gasteiger partial charge is 0.230 e. The minimum absolute atomic E-state index is 0. The molecule has 3 rings (SSSR count). The average Bonchev–Trinajstić information content (AvgIpc) is 3.27. The summed E-state index contributed by atoms with van der Waals surface area (Å²) >= 11 is 0. The van der Waals surface area contributed by atoms with Crippen LogP contribution < -0.4 is 15.4 Å². The van der Waals surface area contributed by atoms with Crippen molar-refractivity contribution in [3.8, 4) is 5.75 Å².